The zero-order valence-corrected chi connectivity index (χ0v) is 23.3. The zero-order chi connectivity index (χ0) is 26.6. The standard InChI is InChI=1S/C25H33Cl2N3O4S/c1-7-22(24(32)28-25(3,4)5)29(15-18-11-12-19(26)14-21(18)27)23(31)16-30(35(6,33)34)20-10-8-9-17(2)13-20/h8-14,22H,7,15-16H2,1-6H3,(H,28,32)/t22-/m1/s1. The topological polar surface area (TPSA) is 86.8 Å². The van der Waals surface area contributed by atoms with E-state index in [1.165, 1.54) is 4.90 Å². The molecule has 2 aromatic carbocycles. The summed E-state index contributed by atoms with van der Waals surface area (Å²) < 4.78 is 26.4. The number of aryl methyl sites for hydroxylation is 1. The lowest BCUT2D eigenvalue weighted by Crippen LogP contribution is -2.55. The number of nitrogens with zero attached hydrogens (tertiary/aromatic N) is 2. The van der Waals surface area contributed by atoms with Gasteiger partial charge in [0.15, 0.2) is 0 Å². The predicted octanol–water partition coefficient (Wildman–Crippen LogP) is 4.79. The number of anilines is 1. The molecule has 1 N–H and O–H groups in total. The highest BCUT2D eigenvalue weighted by molar-refractivity contribution is 7.92. The average molecular weight is 543 g/mol. The van der Waals surface area contributed by atoms with Crippen LogP contribution in [0.3, 0.4) is 0 Å². The Kier molecular flexibility index (Phi) is 9.62. The fraction of sp³-hybridized carbons (Fsp3) is 0.440. The van der Waals surface area contributed by atoms with E-state index in [2.05, 4.69) is 5.32 Å². The van der Waals surface area contributed by atoms with E-state index in [9.17, 15) is 18.0 Å². The third kappa shape index (κ3) is 8.40. The van der Waals surface area contributed by atoms with Gasteiger partial charge in [-0.15, -0.1) is 0 Å². The number of halogens is 2. The normalized spacial score (nSPS) is 12.7. The number of sulfonamides is 1. The SMILES string of the molecule is CC[C@H](C(=O)NC(C)(C)C)N(Cc1ccc(Cl)cc1Cl)C(=O)CN(c1cccc(C)c1)S(C)(=O)=O. The second-order valence-electron chi connectivity index (χ2n) is 9.53. The molecule has 0 aliphatic heterocycles. The average Bonchev–Trinajstić information content (AvgIpc) is 2.71. The fourth-order valence-corrected chi connectivity index (χ4v) is 4.91. The van der Waals surface area contributed by atoms with E-state index in [1.54, 1.807) is 43.3 Å². The molecule has 0 radical (unpaired) electrons. The van der Waals surface area contributed by atoms with Crippen molar-refractivity contribution in [2.45, 2.75) is 59.2 Å². The number of hydrogen-bond acceptors (Lipinski definition) is 4. The van der Waals surface area contributed by atoms with Crippen LogP contribution in [0.2, 0.25) is 10.0 Å². The van der Waals surface area contributed by atoms with E-state index in [1.807, 2.05) is 33.8 Å². The Morgan fingerprint density at radius 1 is 1.09 bits per heavy atom. The van der Waals surface area contributed by atoms with Crippen LogP contribution in [0.15, 0.2) is 42.5 Å². The van der Waals surface area contributed by atoms with Crippen molar-refractivity contribution in [2.75, 3.05) is 17.1 Å². The molecule has 0 aromatic heterocycles. The minimum Gasteiger partial charge on any atom is -0.350 e. The first-order valence-electron chi connectivity index (χ1n) is 11.2. The molecule has 0 saturated heterocycles. The minimum absolute atomic E-state index is 0.0102. The van der Waals surface area contributed by atoms with Crippen LogP contribution >= 0.6 is 23.2 Å². The predicted molar refractivity (Wildman–Crippen MR) is 142 cm³/mol. The van der Waals surface area contributed by atoms with Crippen molar-refractivity contribution < 1.29 is 18.0 Å². The molecular weight excluding hydrogens is 509 g/mol. The lowest BCUT2D eigenvalue weighted by atomic mass is 10.1. The van der Waals surface area contributed by atoms with Crippen LogP contribution in [0.1, 0.15) is 45.2 Å². The van der Waals surface area contributed by atoms with Crippen LogP contribution in [0.25, 0.3) is 0 Å². The van der Waals surface area contributed by atoms with Gasteiger partial charge in [0.1, 0.15) is 12.6 Å². The van der Waals surface area contributed by atoms with Gasteiger partial charge in [-0.25, -0.2) is 8.42 Å². The molecule has 0 unspecified atom stereocenters. The van der Waals surface area contributed by atoms with Crippen LogP contribution in [0, 0.1) is 6.92 Å². The van der Waals surface area contributed by atoms with Crippen LogP contribution in [0.5, 0.6) is 0 Å². The molecule has 2 rings (SSSR count). The Morgan fingerprint density at radius 2 is 1.74 bits per heavy atom. The Labute approximate surface area is 218 Å². The largest absolute Gasteiger partial charge is 0.350 e. The summed E-state index contributed by atoms with van der Waals surface area (Å²) in [5, 5.41) is 3.71. The maximum atomic E-state index is 13.7. The first-order chi connectivity index (χ1) is 16.1. The molecule has 7 nitrogen and oxygen atoms in total. The molecule has 0 bridgehead atoms. The number of amides is 2. The molecule has 0 spiro atoms. The molecule has 192 valence electrons. The summed E-state index contributed by atoms with van der Waals surface area (Å²) in [4.78, 5) is 28.2. The van der Waals surface area contributed by atoms with Crippen molar-refractivity contribution in [3.63, 3.8) is 0 Å². The first-order valence-corrected chi connectivity index (χ1v) is 13.8. The summed E-state index contributed by atoms with van der Waals surface area (Å²) in [6, 6.07) is 10.9. The molecule has 2 amide bonds. The van der Waals surface area contributed by atoms with Gasteiger partial charge < -0.3 is 10.2 Å². The molecule has 10 heteroatoms. The molecule has 0 aliphatic rings. The van der Waals surface area contributed by atoms with Gasteiger partial charge in [-0.3, -0.25) is 13.9 Å². The summed E-state index contributed by atoms with van der Waals surface area (Å²) in [6.07, 6.45) is 1.37. The van der Waals surface area contributed by atoms with Gasteiger partial charge in [0.25, 0.3) is 0 Å². The van der Waals surface area contributed by atoms with Gasteiger partial charge in [-0.1, -0.05) is 48.3 Å². The lowest BCUT2D eigenvalue weighted by Gasteiger charge is -2.34. The Balaban J connectivity index is 2.50. The van der Waals surface area contributed by atoms with Crippen molar-refractivity contribution in [3.05, 3.63) is 63.6 Å². The van der Waals surface area contributed by atoms with Crippen molar-refractivity contribution in [1.29, 1.82) is 0 Å². The summed E-state index contributed by atoms with van der Waals surface area (Å²) in [5.74, 6) is -0.862. The Hall–Kier alpha value is -2.29. The van der Waals surface area contributed by atoms with Gasteiger partial charge in [-0.2, -0.15) is 0 Å². The van der Waals surface area contributed by atoms with E-state index < -0.39 is 34.1 Å². The molecule has 0 heterocycles. The summed E-state index contributed by atoms with van der Waals surface area (Å²) in [7, 11) is -3.79. The number of rotatable bonds is 9. The van der Waals surface area contributed by atoms with Gasteiger partial charge in [0, 0.05) is 22.1 Å². The van der Waals surface area contributed by atoms with Crippen LogP contribution in [0.4, 0.5) is 5.69 Å². The van der Waals surface area contributed by atoms with E-state index in [-0.39, 0.29) is 12.5 Å². The maximum Gasteiger partial charge on any atom is 0.244 e. The monoisotopic (exact) mass is 541 g/mol. The van der Waals surface area contributed by atoms with E-state index in [4.69, 9.17) is 23.2 Å². The summed E-state index contributed by atoms with van der Waals surface area (Å²) in [6.45, 7) is 8.73. The van der Waals surface area contributed by atoms with E-state index >= 15 is 0 Å². The highest BCUT2D eigenvalue weighted by Gasteiger charge is 2.33. The van der Waals surface area contributed by atoms with Gasteiger partial charge in [-0.05, 0) is 69.5 Å². The van der Waals surface area contributed by atoms with Gasteiger partial charge in [0.2, 0.25) is 21.8 Å². The molecule has 0 fully saturated rings. The second kappa shape index (κ2) is 11.6. The third-order valence-corrected chi connectivity index (χ3v) is 6.94. The Bertz CT molecular complexity index is 1180. The third-order valence-electron chi connectivity index (χ3n) is 5.21. The number of hydrogen-bond donors (Lipinski definition) is 1. The second-order valence-corrected chi connectivity index (χ2v) is 12.3. The Morgan fingerprint density at radius 3 is 2.26 bits per heavy atom. The van der Waals surface area contributed by atoms with Crippen LogP contribution < -0.4 is 9.62 Å². The fourth-order valence-electron chi connectivity index (χ4n) is 3.60. The zero-order valence-electron chi connectivity index (χ0n) is 20.9. The molecular formula is C25H33Cl2N3O4S. The van der Waals surface area contributed by atoms with E-state index in [0.29, 0.717) is 27.7 Å². The molecule has 2 aromatic rings. The summed E-state index contributed by atoms with van der Waals surface area (Å²) in [5.41, 5.74) is 1.30. The maximum absolute atomic E-state index is 13.7. The number of benzene rings is 2. The highest BCUT2D eigenvalue weighted by atomic mass is 35.5. The number of nitrogens with one attached hydrogen (secondary N) is 1. The smallest absolute Gasteiger partial charge is 0.244 e. The van der Waals surface area contributed by atoms with Gasteiger partial charge in [0.05, 0.1) is 11.9 Å². The van der Waals surface area contributed by atoms with Crippen molar-refractivity contribution >= 4 is 50.7 Å². The summed E-state index contributed by atoms with van der Waals surface area (Å²) >= 11 is 12.4. The highest BCUT2D eigenvalue weighted by Crippen LogP contribution is 2.25. The van der Waals surface area contributed by atoms with Gasteiger partial charge >= 0.3 is 0 Å². The van der Waals surface area contributed by atoms with Crippen LogP contribution in [-0.4, -0.2) is 49.5 Å². The van der Waals surface area contributed by atoms with E-state index in [0.717, 1.165) is 16.1 Å². The quantitative estimate of drug-likeness (QED) is 0.494. The molecule has 35 heavy (non-hydrogen) atoms. The van der Waals surface area contributed by atoms with Crippen molar-refractivity contribution in [2.24, 2.45) is 0 Å². The molecule has 1 atom stereocenters. The minimum atomic E-state index is -3.79. The molecule has 0 saturated carbocycles. The van der Waals surface area contributed by atoms with Crippen LogP contribution in [-0.2, 0) is 26.2 Å². The molecule has 0 aliphatic carbocycles. The number of carbonyl (C=O) groups excluding carboxylic acids is 2. The number of carbonyl (C=O) groups is 2. The lowest BCUT2D eigenvalue weighted by molar-refractivity contribution is -0.141. The van der Waals surface area contributed by atoms with Crippen molar-refractivity contribution in [1.82, 2.24) is 10.2 Å². The first kappa shape index (κ1) is 28.9. The van der Waals surface area contributed by atoms with Crippen molar-refractivity contribution in [3.8, 4) is 0 Å².